The fraction of sp³-hybridized carbons (Fsp3) is 0.238. The third kappa shape index (κ3) is 5.33. The van der Waals surface area contributed by atoms with E-state index in [1.165, 1.54) is 68.6 Å². The molecule has 12 heteroatoms. The van der Waals surface area contributed by atoms with Gasteiger partial charge in [-0.1, -0.05) is 0 Å². The summed E-state index contributed by atoms with van der Waals surface area (Å²) in [5.74, 6) is -0.708. The van der Waals surface area contributed by atoms with Crippen LogP contribution < -0.4 is 15.2 Å². The highest BCUT2D eigenvalue weighted by Crippen LogP contribution is 2.37. The number of nitrogens with zero attached hydrogens (tertiary/aromatic N) is 2. The maximum atomic E-state index is 14.1. The summed E-state index contributed by atoms with van der Waals surface area (Å²) in [5.41, 5.74) is 7.25. The summed E-state index contributed by atoms with van der Waals surface area (Å²) in [7, 11) is 0.246. The first-order valence-electron chi connectivity index (χ1n) is 9.49. The number of imidazole rings is 1. The van der Waals surface area contributed by atoms with E-state index in [0.717, 1.165) is 0 Å². The Morgan fingerprint density at radius 1 is 1.24 bits per heavy atom. The third-order valence-electron chi connectivity index (χ3n) is 4.85. The number of ether oxygens (including phenoxy) is 2. The lowest BCUT2D eigenvalue weighted by atomic mass is 10.00. The number of nitrogens with one attached hydrogen (secondary N) is 1. The van der Waals surface area contributed by atoms with E-state index in [2.05, 4.69) is 9.71 Å². The number of halogens is 2. The van der Waals surface area contributed by atoms with Gasteiger partial charge in [0.05, 0.1) is 48.6 Å². The van der Waals surface area contributed by atoms with E-state index >= 15 is 0 Å². The summed E-state index contributed by atoms with van der Waals surface area (Å²) in [6.45, 7) is -0.0931. The number of fused-ring (bicyclic) bond motifs is 1. The first kappa shape index (κ1) is 26.3. The zero-order valence-corrected chi connectivity index (χ0v) is 19.8. The molecule has 0 bridgehead atoms. The van der Waals surface area contributed by atoms with E-state index in [4.69, 9.17) is 15.2 Å². The normalized spacial score (nSPS) is 11.8. The zero-order valence-electron chi connectivity index (χ0n) is 18.2. The largest absolute Gasteiger partial charge is 0.496 e. The molecular weight excluding hydrogens is 475 g/mol. The maximum Gasteiger partial charge on any atom is 0.337 e. The standard InChI is InChI=1S/C21H23FN4O5S.ClH/c1-24-32(28,29)15-4-5-19(30-2)16(10-15)17-8-13(21(27)31-3)9-18-20(17)25-12-26(18)11-14(22)6-7-23;/h4-6,8-10,12,24H,7,11,23H2,1-3H3;1H. The predicted octanol–water partition coefficient (Wildman–Crippen LogP) is 2.64. The quantitative estimate of drug-likeness (QED) is 0.457. The summed E-state index contributed by atoms with van der Waals surface area (Å²) >= 11 is 0. The van der Waals surface area contributed by atoms with Crippen molar-refractivity contribution in [3.8, 4) is 16.9 Å². The van der Waals surface area contributed by atoms with Gasteiger partial charge in [0, 0.05) is 17.7 Å². The lowest BCUT2D eigenvalue weighted by Crippen LogP contribution is -2.18. The Balaban J connectivity index is 0.00000385. The van der Waals surface area contributed by atoms with Gasteiger partial charge in [-0.15, -0.1) is 12.4 Å². The van der Waals surface area contributed by atoms with Crippen LogP contribution >= 0.6 is 12.4 Å². The number of benzene rings is 2. The molecule has 0 aliphatic rings. The molecule has 178 valence electrons. The van der Waals surface area contributed by atoms with Gasteiger partial charge in [0.15, 0.2) is 0 Å². The van der Waals surface area contributed by atoms with E-state index in [9.17, 15) is 17.6 Å². The third-order valence-corrected chi connectivity index (χ3v) is 6.26. The second-order valence-electron chi connectivity index (χ2n) is 6.71. The monoisotopic (exact) mass is 498 g/mol. The van der Waals surface area contributed by atoms with Crippen LogP contribution in [0.3, 0.4) is 0 Å². The van der Waals surface area contributed by atoms with Gasteiger partial charge in [0.25, 0.3) is 0 Å². The Kier molecular flexibility index (Phi) is 8.56. The van der Waals surface area contributed by atoms with Crippen molar-refractivity contribution in [3.63, 3.8) is 0 Å². The molecule has 33 heavy (non-hydrogen) atoms. The fourth-order valence-electron chi connectivity index (χ4n) is 3.27. The second-order valence-corrected chi connectivity index (χ2v) is 8.60. The van der Waals surface area contributed by atoms with Gasteiger partial charge in [-0.05, 0) is 43.5 Å². The Hall–Kier alpha value is -2.99. The summed E-state index contributed by atoms with van der Waals surface area (Å²) in [6.07, 6.45) is 2.67. The molecule has 1 heterocycles. The molecule has 0 atom stereocenters. The van der Waals surface area contributed by atoms with Crippen LogP contribution in [0.2, 0.25) is 0 Å². The summed E-state index contributed by atoms with van der Waals surface area (Å²) < 4.78 is 52.9. The highest BCUT2D eigenvalue weighted by atomic mass is 35.5. The Labute approximate surface area is 196 Å². The average Bonchev–Trinajstić information content (AvgIpc) is 3.20. The highest BCUT2D eigenvalue weighted by Gasteiger charge is 2.21. The van der Waals surface area contributed by atoms with E-state index in [1.807, 2.05) is 0 Å². The van der Waals surface area contributed by atoms with Gasteiger partial charge in [0.2, 0.25) is 10.0 Å². The molecular formula is C21H24ClFN4O5S. The molecule has 0 aliphatic carbocycles. The number of sulfonamides is 1. The number of aromatic nitrogens is 2. The van der Waals surface area contributed by atoms with E-state index < -0.39 is 21.8 Å². The van der Waals surface area contributed by atoms with Crippen molar-refractivity contribution in [2.45, 2.75) is 11.4 Å². The van der Waals surface area contributed by atoms with E-state index in [-0.39, 0.29) is 36.0 Å². The second kappa shape index (κ2) is 10.8. The molecule has 0 radical (unpaired) electrons. The van der Waals surface area contributed by atoms with Crippen molar-refractivity contribution in [1.29, 1.82) is 0 Å². The lowest BCUT2D eigenvalue weighted by molar-refractivity contribution is 0.0601. The minimum Gasteiger partial charge on any atom is -0.496 e. The molecule has 0 amide bonds. The number of carbonyl (C=O) groups excluding carboxylic acids is 1. The Morgan fingerprint density at radius 2 is 1.97 bits per heavy atom. The lowest BCUT2D eigenvalue weighted by Gasteiger charge is -2.13. The van der Waals surface area contributed by atoms with E-state index in [1.54, 1.807) is 0 Å². The predicted molar refractivity (Wildman–Crippen MR) is 125 cm³/mol. The highest BCUT2D eigenvalue weighted by molar-refractivity contribution is 7.89. The molecule has 3 N–H and O–H groups in total. The minimum absolute atomic E-state index is 0. The first-order chi connectivity index (χ1) is 15.2. The van der Waals surface area contributed by atoms with Crippen LogP contribution in [-0.2, 0) is 21.3 Å². The number of methoxy groups -OCH3 is 2. The topological polar surface area (TPSA) is 126 Å². The van der Waals surface area contributed by atoms with Gasteiger partial charge >= 0.3 is 5.97 Å². The minimum atomic E-state index is -3.75. The Morgan fingerprint density at radius 3 is 2.58 bits per heavy atom. The van der Waals surface area contributed by atoms with Crippen molar-refractivity contribution >= 4 is 39.4 Å². The molecule has 3 rings (SSSR count). The number of nitrogens with two attached hydrogens (primary N) is 1. The van der Waals surface area contributed by atoms with Crippen molar-refractivity contribution in [1.82, 2.24) is 14.3 Å². The molecule has 0 saturated carbocycles. The van der Waals surface area contributed by atoms with Gasteiger partial charge in [0.1, 0.15) is 11.6 Å². The average molecular weight is 499 g/mol. The number of hydrogen-bond donors (Lipinski definition) is 2. The molecule has 2 aromatic carbocycles. The van der Waals surface area contributed by atoms with Crippen LogP contribution in [-0.4, -0.2) is 51.8 Å². The summed E-state index contributed by atoms with van der Waals surface area (Å²) in [6, 6.07) is 7.41. The SMILES string of the molecule is CNS(=O)(=O)c1ccc(OC)c(-c2cc(C(=O)OC)cc3c2ncn3CC(F)=CCN)c1.Cl. The van der Waals surface area contributed by atoms with Crippen LogP contribution in [0.25, 0.3) is 22.2 Å². The van der Waals surface area contributed by atoms with Gasteiger partial charge in [-0.3, -0.25) is 0 Å². The first-order valence-corrected chi connectivity index (χ1v) is 11.0. The van der Waals surface area contributed by atoms with Gasteiger partial charge in [-0.25, -0.2) is 27.3 Å². The van der Waals surface area contributed by atoms with Crippen LogP contribution in [0.1, 0.15) is 10.4 Å². The molecule has 0 aliphatic heterocycles. The fourth-order valence-corrected chi connectivity index (χ4v) is 4.02. The molecule has 3 aromatic rings. The van der Waals surface area contributed by atoms with Crippen LogP contribution in [0.5, 0.6) is 5.75 Å². The molecule has 0 unspecified atom stereocenters. The van der Waals surface area contributed by atoms with Crippen LogP contribution in [0.4, 0.5) is 4.39 Å². The number of allylic oxidation sites excluding steroid dienone is 1. The zero-order chi connectivity index (χ0) is 23.5. The molecule has 0 spiro atoms. The van der Waals surface area contributed by atoms with Crippen molar-refractivity contribution in [2.24, 2.45) is 5.73 Å². The van der Waals surface area contributed by atoms with Gasteiger partial charge < -0.3 is 19.8 Å². The number of carbonyl (C=O) groups is 1. The molecule has 0 saturated heterocycles. The van der Waals surface area contributed by atoms with E-state index in [0.29, 0.717) is 27.9 Å². The van der Waals surface area contributed by atoms with Crippen LogP contribution in [0.15, 0.2) is 53.5 Å². The molecule has 1 aromatic heterocycles. The van der Waals surface area contributed by atoms with Crippen molar-refractivity contribution in [2.75, 3.05) is 27.8 Å². The molecule has 0 fully saturated rings. The number of esters is 1. The van der Waals surface area contributed by atoms with Crippen molar-refractivity contribution < 1.29 is 27.1 Å². The van der Waals surface area contributed by atoms with Crippen molar-refractivity contribution in [3.05, 3.63) is 54.1 Å². The molecule has 9 nitrogen and oxygen atoms in total. The van der Waals surface area contributed by atoms with Crippen LogP contribution in [0, 0.1) is 0 Å². The smallest absolute Gasteiger partial charge is 0.337 e. The maximum absolute atomic E-state index is 14.1. The number of hydrogen-bond acceptors (Lipinski definition) is 7. The number of rotatable bonds is 8. The summed E-state index contributed by atoms with van der Waals surface area (Å²) in [4.78, 5) is 16.7. The summed E-state index contributed by atoms with van der Waals surface area (Å²) in [5, 5.41) is 0. The van der Waals surface area contributed by atoms with Gasteiger partial charge in [-0.2, -0.15) is 0 Å². The Bertz CT molecular complexity index is 1310.